The van der Waals surface area contributed by atoms with Gasteiger partial charge >= 0.3 is 0 Å². The zero-order valence-electron chi connectivity index (χ0n) is 9.09. The van der Waals surface area contributed by atoms with Gasteiger partial charge in [-0.3, -0.25) is 0 Å². The highest BCUT2D eigenvalue weighted by atomic mass is 79.9. The third-order valence-corrected chi connectivity index (χ3v) is 3.38. The molecule has 0 saturated heterocycles. The zero-order valence-corrected chi connectivity index (χ0v) is 12.3. The molecule has 1 aliphatic heterocycles. The van der Waals surface area contributed by atoms with Crippen LogP contribution in [0.25, 0.3) is 6.08 Å². The van der Waals surface area contributed by atoms with Gasteiger partial charge in [-0.05, 0) is 53.6 Å². The molecule has 2 nitrogen and oxygen atoms in total. The second-order valence-electron chi connectivity index (χ2n) is 3.60. The maximum absolute atomic E-state index is 5.81. The van der Waals surface area contributed by atoms with Gasteiger partial charge in [0.25, 0.3) is 0 Å². The molecule has 1 unspecified atom stereocenters. The first kappa shape index (κ1) is 12.1. The van der Waals surface area contributed by atoms with Gasteiger partial charge in [0.15, 0.2) is 0 Å². The van der Waals surface area contributed by atoms with Crippen molar-refractivity contribution in [1.82, 2.24) is 0 Å². The van der Waals surface area contributed by atoms with Crippen LogP contribution >= 0.6 is 31.9 Å². The predicted molar refractivity (Wildman–Crippen MR) is 71.5 cm³/mol. The van der Waals surface area contributed by atoms with Crippen molar-refractivity contribution in [3.05, 3.63) is 32.2 Å². The smallest absolute Gasteiger partial charge is 0.222 e. The molecule has 0 aromatic heterocycles. The Labute approximate surface area is 112 Å². The summed E-state index contributed by atoms with van der Waals surface area (Å²) in [6.45, 7) is 4.61. The molecule has 1 aromatic rings. The lowest BCUT2D eigenvalue weighted by Crippen LogP contribution is -2.24. The highest BCUT2D eigenvalue weighted by Crippen LogP contribution is 2.38. The standard InChI is InChI=1S/C12H12Br2O2/c1-3-15-12-7(2)4-8-5-9(13)6-10(14)11(8)16-12/h4-6,12H,3H2,1-2H3. The van der Waals surface area contributed by atoms with Crippen LogP contribution in [0.5, 0.6) is 5.75 Å². The van der Waals surface area contributed by atoms with Crippen LogP contribution in [0.1, 0.15) is 19.4 Å². The lowest BCUT2D eigenvalue weighted by Gasteiger charge is -2.26. The molecule has 0 saturated carbocycles. The maximum Gasteiger partial charge on any atom is 0.222 e. The van der Waals surface area contributed by atoms with E-state index in [2.05, 4.69) is 37.9 Å². The van der Waals surface area contributed by atoms with Crippen LogP contribution in [-0.4, -0.2) is 12.9 Å². The Morgan fingerprint density at radius 1 is 1.38 bits per heavy atom. The zero-order chi connectivity index (χ0) is 11.7. The number of benzene rings is 1. The molecule has 0 radical (unpaired) electrons. The summed E-state index contributed by atoms with van der Waals surface area (Å²) in [4.78, 5) is 0. The van der Waals surface area contributed by atoms with E-state index in [-0.39, 0.29) is 6.29 Å². The van der Waals surface area contributed by atoms with Gasteiger partial charge in [0.1, 0.15) is 5.75 Å². The number of fused-ring (bicyclic) bond motifs is 1. The van der Waals surface area contributed by atoms with Crippen LogP contribution < -0.4 is 4.74 Å². The normalized spacial score (nSPS) is 18.8. The highest BCUT2D eigenvalue weighted by Gasteiger charge is 2.22. The lowest BCUT2D eigenvalue weighted by atomic mass is 10.1. The molecule has 0 N–H and O–H groups in total. The first-order chi connectivity index (χ1) is 7.61. The number of rotatable bonds is 2. The summed E-state index contributed by atoms with van der Waals surface area (Å²) in [6, 6.07) is 4.00. The second kappa shape index (κ2) is 4.90. The molecule has 0 bridgehead atoms. The van der Waals surface area contributed by atoms with Crippen LogP contribution in [0.3, 0.4) is 0 Å². The molecule has 1 aromatic carbocycles. The molecule has 1 atom stereocenters. The van der Waals surface area contributed by atoms with Gasteiger partial charge in [-0.2, -0.15) is 0 Å². The Bertz CT molecular complexity index is 441. The third kappa shape index (κ3) is 2.34. The minimum absolute atomic E-state index is 0.269. The fourth-order valence-electron chi connectivity index (χ4n) is 1.64. The molecule has 1 heterocycles. The van der Waals surface area contributed by atoms with Gasteiger partial charge in [0.2, 0.25) is 6.29 Å². The van der Waals surface area contributed by atoms with Crippen molar-refractivity contribution in [3.63, 3.8) is 0 Å². The quantitative estimate of drug-likeness (QED) is 0.790. The van der Waals surface area contributed by atoms with Crippen LogP contribution in [0.4, 0.5) is 0 Å². The predicted octanol–water partition coefficient (Wildman–Crippen LogP) is 4.37. The van der Waals surface area contributed by atoms with Crippen molar-refractivity contribution in [2.45, 2.75) is 20.1 Å². The summed E-state index contributed by atoms with van der Waals surface area (Å²) in [5.74, 6) is 0.840. The molecule has 16 heavy (non-hydrogen) atoms. The molecule has 86 valence electrons. The van der Waals surface area contributed by atoms with E-state index in [0.717, 1.165) is 25.8 Å². The van der Waals surface area contributed by atoms with Crippen molar-refractivity contribution in [1.29, 1.82) is 0 Å². The summed E-state index contributed by atoms with van der Waals surface area (Å²) in [6.07, 6.45) is 1.82. The van der Waals surface area contributed by atoms with E-state index >= 15 is 0 Å². The van der Waals surface area contributed by atoms with E-state index in [9.17, 15) is 0 Å². The number of hydrogen-bond acceptors (Lipinski definition) is 2. The molecule has 2 rings (SSSR count). The number of hydrogen-bond donors (Lipinski definition) is 0. The minimum Gasteiger partial charge on any atom is -0.459 e. The Kier molecular flexibility index (Phi) is 3.72. The van der Waals surface area contributed by atoms with E-state index < -0.39 is 0 Å². The largest absolute Gasteiger partial charge is 0.459 e. The van der Waals surface area contributed by atoms with Gasteiger partial charge in [-0.1, -0.05) is 15.9 Å². The number of halogens is 2. The van der Waals surface area contributed by atoms with Crippen molar-refractivity contribution >= 4 is 37.9 Å². The van der Waals surface area contributed by atoms with Crippen molar-refractivity contribution < 1.29 is 9.47 Å². The van der Waals surface area contributed by atoms with Gasteiger partial charge in [0.05, 0.1) is 4.47 Å². The van der Waals surface area contributed by atoms with Crippen LogP contribution in [0.15, 0.2) is 26.7 Å². The first-order valence-corrected chi connectivity index (χ1v) is 6.66. The van der Waals surface area contributed by atoms with E-state index in [4.69, 9.17) is 9.47 Å². The summed E-state index contributed by atoms with van der Waals surface area (Å²) in [5, 5.41) is 0. The van der Waals surface area contributed by atoms with Gasteiger partial charge in [-0.15, -0.1) is 0 Å². The SMILES string of the molecule is CCOC1Oc2c(Br)cc(Br)cc2C=C1C. The van der Waals surface area contributed by atoms with Gasteiger partial charge in [0, 0.05) is 16.6 Å². The maximum atomic E-state index is 5.81. The second-order valence-corrected chi connectivity index (χ2v) is 5.37. The van der Waals surface area contributed by atoms with Crippen molar-refractivity contribution in [2.75, 3.05) is 6.61 Å². The Morgan fingerprint density at radius 3 is 2.81 bits per heavy atom. The van der Waals surface area contributed by atoms with E-state index in [0.29, 0.717) is 6.61 Å². The van der Waals surface area contributed by atoms with Crippen LogP contribution in [-0.2, 0) is 4.74 Å². The van der Waals surface area contributed by atoms with Crippen LogP contribution in [0.2, 0.25) is 0 Å². The number of ether oxygens (including phenoxy) is 2. The average Bonchev–Trinajstić information content (AvgIpc) is 2.20. The Balaban J connectivity index is 2.41. The first-order valence-electron chi connectivity index (χ1n) is 5.07. The van der Waals surface area contributed by atoms with Crippen LogP contribution in [0, 0.1) is 0 Å². The summed E-state index contributed by atoms with van der Waals surface area (Å²) >= 11 is 6.95. The molecule has 1 aliphatic rings. The molecule has 0 amide bonds. The minimum atomic E-state index is -0.269. The van der Waals surface area contributed by atoms with E-state index in [1.54, 1.807) is 0 Å². The van der Waals surface area contributed by atoms with E-state index in [1.807, 2.05) is 26.0 Å². The fourth-order valence-corrected chi connectivity index (χ4v) is 2.99. The van der Waals surface area contributed by atoms with Crippen molar-refractivity contribution in [2.24, 2.45) is 0 Å². The third-order valence-electron chi connectivity index (χ3n) is 2.33. The summed E-state index contributed by atoms with van der Waals surface area (Å²) < 4.78 is 13.3. The summed E-state index contributed by atoms with van der Waals surface area (Å²) in [7, 11) is 0. The monoisotopic (exact) mass is 346 g/mol. The average molecular weight is 348 g/mol. The molecule has 0 spiro atoms. The molecular formula is C12H12Br2O2. The highest BCUT2D eigenvalue weighted by molar-refractivity contribution is 9.11. The van der Waals surface area contributed by atoms with E-state index in [1.165, 1.54) is 0 Å². The molecule has 0 fully saturated rings. The fraction of sp³-hybridized carbons (Fsp3) is 0.333. The molecule has 4 heteroatoms. The molecular weight excluding hydrogens is 336 g/mol. The van der Waals surface area contributed by atoms with Gasteiger partial charge in [-0.25, -0.2) is 0 Å². The Hall–Kier alpha value is -0.320. The van der Waals surface area contributed by atoms with Gasteiger partial charge < -0.3 is 9.47 Å². The Morgan fingerprint density at radius 2 is 2.12 bits per heavy atom. The topological polar surface area (TPSA) is 18.5 Å². The van der Waals surface area contributed by atoms with Crippen molar-refractivity contribution in [3.8, 4) is 5.75 Å². The lowest BCUT2D eigenvalue weighted by molar-refractivity contribution is -0.0500. The summed E-state index contributed by atoms with van der Waals surface area (Å²) in [5.41, 5.74) is 2.15. The molecule has 0 aliphatic carbocycles.